The Morgan fingerprint density at radius 1 is 0.889 bits per heavy atom. The van der Waals surface area contributed by atoms with Gasteiger partial charge in [-0.05, 0) is 31.0 Å². The molecule has 4 heterocycles. The largest absolute Gasteiger partial charge is 0.339 e. The molecule has 0 amide bonds. The van der Waals surface area contributed by atoms with Gasteiger partial charge in [-0.15, -0.1) is 0 Å². The fourth-order valence-corrected chi connectivity index (χ4v) is 3.81. The van der Waals surface area contributed by atoms with Crippen LogP contribution in [0.15, 0.2) is 67.3 Å². The second-order valence-corrected chi connectivity index (χ2v) is 6.84. The van der Waals surface area contributed by atoms with Crippen molar-refractivity contribution >= 4 is 16.9 Å². The third-order valence-electron chi connectivity index (χ3n) is 5.12. The zero-order valence-corrected chi connectivity index (χ0v) is 14.9. The van der Waals surface area contributed by atoms with E-state index in [-0.39, 0.29) is 0 Å². The van der Waals surface area contributed by atoms with E-state index in [1.807, 2.05) is 30.5 Å². The summed E-state index contributed by atoms with van der Waals surface area (Å²) in [6, 6.07) is 14.5. The second kappa shape index (κ2) is 6.79. The highest BCUT2D eigenvalue weighted by Gasteiger charge is 2.25. The molecule has 0 unspecified atom stereocenters. The topological polar surface area (TPSA) is 59.7 Å². The zero-order chi connectivity index (χ0) is 18.1. The number of anilines is 1. The van der Waals surface area contributed by atoms with E-state index in [1.54, 1.807) is 12.4 Å². The first-order chi connectivity index (χ1) is 13.4. The van der Waals surface area contributed by atoms with Gasteiger partial charge in [0.25, 0.3) is 0 Å². The number of imidazole rings is 1. The van der Waals surface area contributed by atoms with Gasteiger partial charge in [-0.2, -0.15) is 0 Å². The van der Waals surface area contributed by atoms with Gasteiger partial charge in [0.1, 0.15) is 5.69 Å². The van der Waals surface area contributed by atoms with Gasteiger partial charge < -0.3 is 9.47 Å². The Balaban J connectivity index is 1.47. The molecule has 134 valence electrons. The van der Waals surface area contributed by atoms with Gasteiger partial charge in [0, 0.05) is 43.3 Å². The number of hydrogen-bond donors (Lipinski definition) is 0. The van der Waals surface area contributed by atoms with Crippen molar-refractivity contribution in [2.24, 2.45) is 0 Å². The fourth-order valence-electron chi connectivity index (χ4n) is 3.81. The monoisotopic (exact) mass is 356 g/mol. The molecule has 5 rings (SSSR count). The molecule has 0 aliphatic carbocycles. The van der Waals surface area contributed by atoms with Gasteiger partial charge in [0.15, 0.2) is 5.82 Å². The van der Waals surface area contributed by atoms with Crippen LogP contribution in [-0.2, 0) is 0 Å². The first-order valence-electron chi connectivity index (χ1n) is 9.29. The molecule has 3 aromatic heterocycles. The summed E-state index contributed by atoms with van der Waals surface area (Å²) < 4.78 is 2.26. The predicted octanol–water partition coefficient (Wildman–Crippen LogP) is 3.73. The Morgan fingerprint density at radius 3 is 2.70 bits per heavy atom. The molecule has 4 aromatic rings. The summed E-state index contributed by atoms with van der Waals surface area (Å²) in [5.74, 6) is 1.72. The van der Waals surface area contributed by atoms with Gasteiger partial charge in [-0.25, -0.2) is 19.9 Å². The minimum atomic E-state index is 0.327. The van der Waals surface area contributed by atoms with Crippen molar-refractivity contribution in [3.8, 4) is 11.5 Å². The van der Waals surface area contributed by atoms with Crippen molar-refractivity contribution in [2.45, 2.75) is 18.9 Å². The number of benzene rings is 1. The zero-order valence-electron chi connectivity index (χ0n) is 14.9. The Bertz CT molecular complexity index is 1060. The van der Waals surface area contributed by atoms with E-state index < -0.39 is 0 Å². The van der Waals surface area contributed by atoms with E-state index in [4.69, 9.17) is 4.98 Å². The maximum Gasteiger partial charge on any atom is 0.225 e. The smallest absolute Gasteiger partial charge is 0.225 e. The summed E-state index contributed by atoms with van der Waals surface area (Å²) in [5.41, 5.74) is 1.90. The lowest BCUT2D eigenvalue weighted by atomic mass is 10.1. The minimum Gasteiger partial charge on any atom is -0.339 e. The van der Waals surface area contributed by atoms with Gasteiger partial charge in [0.05, 0.1) is 11.6 Å². The van der Waals surface area contributed by atoms with E-state index in [0.717, 1.165) is 54.3 Å². The molecule has 1 aliphatic heterocycles. The maximum absolute atomic E-state index is 4.83. The quantitative estimate of drug-likeness (QED) is 0.560. The molecular weight excluding hydrogens is 336 g/mol. The number of nitrogens with zero attached hydrogens (tertiary/aromatic N) is 6. The first-order valence-corrected chi connectivity index (χ1v) is 9.29. The van der Waals surface area contributed by atoms with Crippen molar-refractivity contribution in [1.29, 1.82) is 0 Å². The van der Waals surface area contributed by atoms with Crippen LogP contribution in [0, 0.1) is 0 Å². The molecule has 27 heavy (non-hydrogen) atoms. The van der Waals surface area contributed by atoms with E-state index in [9.17, 15) is 0 Å². The van der Waals surface area contributed by atoms with Crippen LogP contribution in [0.1, 0.15) is 18.9 Å². The second-order valence-electron chi connectivity index (χ2n) is 6.84. The lowest BCUT2D eigenvalue weighted by Gasteiger charge is -2.34. The Labute approximate surface area is 157 Å². The standard InChI is InChI=1S/C21H20N6/c1-2-7-18-16(5-1)8-9-19(25-18)20-22-12-14-27(20)17-6-3-13-26(15-17)21-23-10-4-11-24-21/h1-2,4-5,7-12,14,17H,3,6,13,15H2/t17-/m1/s1. The molecule has 1 atom stereocenters. The number of hydrogen-bond acceptors (Lipinski definition) is 5. The van der Waals surface area contributed by atoms with Gasteiger partial charge >= 0.3 is 0 Å². The number of aromatic nitrogens is 5. The Kier molecular flexibility index (Phi) is 4.01. The van der Waals surface area contributed by atoms with Crippen molar-refractivity contribution in [2.75, 3.05) is 18.0 Å². The van der Waals surface area contributed by atoms with Crippen LogP contribution in [0.25, 0.3) is 22.4 Å². The molecule has 0 bridgehead atoms. The highest BCUT2D eigenvalue weighted by Crippen LogP contribution is 2.28. The highest BCUT2D eigenvalue weighted by molar-refractivity contribution is 5.80. The van der Waals surface area contributed by atoms with Crippen molar-refractivity contribution in [3.05, 3.63) is 67.3 Å². The third-order valence-corrected chi connectivity index (χ3v) is 5.12. The van der Waals surface area contributed by atoms with Gasteiger partial charge in [0.2, 0.25) is 5.95 Å². The number of rotatable bonds is 3. The number of fused-ring (bicyclic) bond motifs is 1. The SMILES string of the molecule is c1cnc(N2CCC[C@@H](n3ccnc3-c3ccc4ccccc4n3)C2)nc1. The number of piperidine rings is 1. The summed E-state index contributed by atoms with van der Waals surface area (Å²) in [6.07, 6.45) is 9.74. The summed E-state index contributed by atoms with van der Waals surface area (Å²) in [5, 5.41) is 1.14. The van der Waals surface area contributed by atoms with Crippen molar-refractivity contribution < 1.29 is 0 Å². The molecule has 0 saturated carbocycles. The molecule has 6 nitrogen and oxygen atoms in total. The van der Waals surface area contributed by atoms with Gasteiger partial charge in [-0.3, -0.25) is 0 Å². The maximum atomic E-state index is 4.83. The molecular formula is C21H20N6. The molecule has 0 N–H and O–H groups in total. The molecule has 1 aromatic carbocycles. The van der Waals surface area contributed by atoms with Crippen LogP contribution in [0.3, 0.4) is 0 Å². The molecule has 0 radical (unpaired) electrons. The minimum absolute atomic E-state index is 0.327. The van der Waals surface area contributed by atoms with Crippen LogP contribution >= 0.6 is 0 Å². The molecule has 6 heteroatoms. The summed E-state index contributed by atoms with van der Waals surface area (Å²) in [6.45, 7) is 1.86. The summed E-state index contributed by atoms with van der Waals surface area (Å²) in [7, 11) is 0. The fraction of sp³-hybridized carbons (Fsp3) is 0.238. The Morgan fingerprint density at radius 2 is 1.78 bits per heavy atom. The Hall–Kier alpha value is -3.28. The average molecular weight is 356 g/mol. The van der Waals surface area contributed by atoms with E-state index in [2.05, 4.69) is 48.8 Å². The third kappa shape index (κ3) is 3.03. The van der Waals surface area contributed by atoms with Crippen LogP contribution in [0.4, 0.5) is 5.95 Å². The molecule has 1 saturated heterocycles. The van der Waals surface area contributed by atoms with Crippen molar-refractivity contribution in [3.63, 3.8) is 0 Å². The van der Waals surface area contributed by atoms with E-state index in [0.29, 0.717) is 6.04 Å². The average Bonchev–Trinajstić information content (AvgIpc) is 3.24. The van der Waals surface area contributed by atoms with E-state index >= 15 is 0 Å². The van der Waals surface area contributed by atoms with Crippen LogP contribution < -0.4 is 4.90 Å². The van der Waals surface area contributed by atoms with Crippen LogP contribution in [0.2, 0.25) is 0 Å². The number of pyridine rings is 1. The van der Waals surface area contributed by atoms with Crippen LogP contribution in [0.5, 0.6) is 0 Å². The van der Waals surface area contributed by atoms with E-state index in [1.165, 1.54) is 0 Å². The predicted molar refractivity (Wildman–Crippen MR) is 105 cm³/mol. The summed E-state index contributed by atoms with van der Waals surface area (Å²) in [4.78, 5) is 20.5. The lowest BCUT2D eigenvalue weighted by molar-refractivity contribution is 0.404. The normalized spacial score (nSPS) is 17.3. The van der Waals surface area contributed by atoms with Gasteiger partial charge in [-0.1, -0.05) is 24.3 Å². The molecule has 1 aliphatic rings. The lowest BCUT2D eigenvalue weighted by Crippen LogP contribution is -2.37. The first kappa shape index (κ1) is 15.9. The number of para-hydroxylation sites is 1. The summed E-state index contributed by atoms with van der Waals surface area (Å²) >= 11 is 0. The molecule has 0 spiro atoms. The highest BCUT2D eigenvalue weighted by atomic mass is 15.3. The van der Waals surface area contributed by atoms with Crippen LogP contribution in [-0.4, -0.2) is 37.6 Å². The molecule has 1 fully saturated rings. The van der Waals surface area contributed by atoms with Crippen molar-refractivity contribution in [1.82, 2.24) is 24.5 Å².